The van der Waals surface area contributed by atoms with Gasteiger partial charge in [-0.2, -0.15) is 0 Å². The fraction of sp³-hybridized carbons (Fsp3) is 0.0769. The maximum Gasteiger partial charge on any atom is 0.0541 e. The molecular formula is C78H64N4. The van der Waals surface area contributed by atoms with E-state index in [1.165, 1.54) is 111 Å². The fourth-order valence-corrected chi connectivity index (χ4v) is 12.5. The van der Waals surface area contributed by atoms with Gasteiger partial charge >= 0.3 is 0 Å². The lowest BCUT2D eigenvalue weighted by atomic mass is 10.0. The van der Waals surface area contributed by atoms with Gasteiger partial charge in [0.2, 0.25) is 0 Å². The Labute approximate surface area is 481 Å². The molecule has 396 valence electrons. The Bertz CT molecular complexity index is 4080. The minimum atomic E-state index is 0.918. The van der Waals surface area contributed by atoms with Crippen molar-refractivity contribution < 1.29 is 0 Å². The average molecular weight is 1060 g/mol. The van der Waals surface area contributed by atoms with Gasteiger partial charge in [0, 0.05) is 67.0 Å². The van der Waals surface area contributed by atoms with Crippen LogP contribution in [-0.4, -0.2) is 9.13 Å². The molecule has 2 heterocycles. The second-order valence-corrected chi connectivity index (χ2v) is 20.5. The molecule has 0 unspecified atom stereocenters. The Morgan fingerprint density at radius 1 is 0.232 bits per heavy atom. The van der Waals surface area contributed by atoms with E-state index in [1.807, 2.05) is 27.7 Å². The van der Waals surface area contributed by atoms with Gasteiger partial charge in [-0.3, -0.25) is 0 Å². The van der Waals surface area contributed by atoms with Gasteiger partial charge in [0.15, 0.2) is 0 Å². The van der Waals surface area contributed by atoms with Gasteiger partial charge in [-0.15, -0.1) is 0 Å². The lowest BCUT2D eigenvalue weighted by Gasteiger charge is -2.26. The zero-order chi connectivity index (χ0) is 55.5. The first-order valence-corrected chi connectivity index (χ1v) is 29.0. The van der Waals surface area contributed by atoms with E-state index in [0.717, 1.165) is 35.6 Å². The highest BCUT2D eigenvalue weighted by atomic mass is 15.1. The largest absolute Gasteiger partial charge is 0.310 e. The third kappa shape index (κ3) is 9.18. The van der Waals surface area contributed by atoms with Gasteiger partial charge in [0.1, 0.15) is 0 Å². The molecule has 0 saturated carbocycles. The zero-order valence-corrected chi connectivity index (χ0v) is 46.9. The van der Waals surface area contributed by atoms with Crippen molar-refractivity contribution in [2.75, 3.05) is 9.80 Å². The van der Waals surface area contributed by atoms with E-state index in [-0.39, 0.29) is 0 Å². The average Bonchev–Trinajstić information content (AvgIpc) is 4.49. The summed E-state index contributed by atoms with van der Waals surface area (Å²) in [6.45, 7) is 8.00. The highest BCUT2D eigenvalue weighted by Gasteiger charge is 2.25. The number of para-hydroxylation sites is 8. The molecule has 82 heavy (non-hydrogen) atoms. The second kappa shape index (κ2) is 22.5. The van der Waals surface area contributed by atoms with Crippen LogP contribution in [0.3, 0.4) is 0 Å². The van der Waals surface area contributed by atoms with Crippen LogP contribution in [0, 0.1) is 0 Å². The summed E-state index contributed by atoms with van der Waals surface area (Å²) in [4.78, 5) is 4.67. The molecule has 0 spiro atoms. The number of fused-ring (bicyclic) bond motifs is 12. The van der Waals surface area contributed by atoms with Gasteiger partial charge in [-0.25, -0.2) is 0 Å². The number of hydrogen-bond acceptors (Lipinski definition) is 2. The molecular weight excluding hydrogens is 993 g/mol. The van der Waals surface area contributed by atoms with E-state index in [0.29, 0.717) is 0 Å². The molecule has 14 aromatic rings. The van der Waals surface area contributed by atoms with Gasteiger partial charge in [-0.1, -0.05) is 198 Å². The van der Waals surface area contributed by atoms with Crippen LogP contribution < -0.4 is 9.80 Å². The second-order valence-electron chi connectivity index (χ2n) is 20.5. The van der Waals surface area contributed by atoms with Crippen LogP contribution in [0.15, 0.2) is 291 Å². The smallest absolute Gasteiger partial charge is 0.0541 e. The number of rotatable bonds is 8. The molecule has 0 N–H and O–H groups in total. The van der Waals surface area contributed by atoms with Crippen molar-refractivity contribution in [3.05, 3.63) is 313 Å². The summed E-state index contributed by atoms with van der Waals surface area (Å²) in [5, 5.41) is 5.20. The van der Waals surface area contributed by atoms with E-state index < -0.39 is 0 Å². The van der Waals surface area contributed by atoms with Gasteiger partial charge in [0.25, 0.3) is 0 Å². The Balaban J connectivity index is 0.000000145. The normalized spacial score (nSPS) is 11.6. The Morgan fingerprint density at radius 2 is 0.476 bits per heavy atom. The third-order valence-electron chi connectivity index (χ3n) is 15.9. The van der Waals surface area contributed by atoms with Crippen molar-refractivity contribution in [1.82, 2.24) is 9.13 Å². The Hall–Kier alpha value is -10.2. The summed E-state index contributed by atoms with van der Waals surface area (Å²) in [7, 11) is 0. The minimum Gasteiger partial charge on any atom is -0.310 e. The van der Waals surface area contributed by atoms with Crippen LogP contribution in [-0.2, 0) is 12.8 Å². The van der Waals surface area contributed by atoms with E-state index in [2.05, 4.69) is 310 Å². The molecule has 0 saturated heterocycles. The molecule has 0 fully saturated rings. The van der Waals surface area contributed by atoms with Crippen molar-refractivity contribution >= 4 is 77.7 Å². The van der Waals surface area contributed by atoms with Crippen molar-refractivity contribution in [3.63, 3.8) is 0 Å². The van der Waals surface area contributed by atoms with Crippen molar-refractivity contribution in [2.45, 2.75) is 40.5 Å². The summed E-state index contributed by atoms with van der Waals surface area (Å²) in [6.07, 6.45) is 1.86. The monoisotopic (exact) mass is 1060 g/mol. The molecule has 0 bridgehead atoms. The summed E-state index contributed by atoms with van der Waals surface area (Å²) in [5.41, 5.74) is 25.3. The lowest BCUT2D eigenvalue weighted by molar-refractivity contribution is 1.15. The molecule has 16 rings (SSSR count). The van der Waals surface area contributed by atoms with Crippen LogP contribution in [0.1, 0.15) is 49.9 Å². The zero-order valence-electron chi connectivity index (χ0n) is 46.9. The molecule has 0 radical (unpaired) electrons. The van der Waals surface area contributed by atoms with E-state index in [4.69, 9.17) is 0 Å². The number of benzene rings is 12. The van der Waals surface area contributed by atoms with Gasteiger partial charge < -0.3 is 18.9 Å². The Morgan fingerprint density at radius 3 is 0.768 bits per heavy atom. The van der Waals surface area contributed by atoms with Crippen molar-refractivity contribution in [2.24, 2.45) is 0 Å². The first kappa shape index (κ1) is 51.3. The predicted molar refractivity (Wildman–Crippen MR) is 350 cm³/mol. The summed E-state index contributed by atoms with van der Waals surface area (Å²) in [5.74, 6) is 0. The molecule has 2 aliphatic rings. The lowest BCUT2D eigenvalue weighted by Crippen LogP contribution is -2.10. The summed E-state index contributed by atoms with van der Waals surface area (Å²) >= 11 is 0. The Kier molecular flexibility index (Phi) is 14.1. The van der Waals surface area contributed by atoms with Crippen LogP contribution >= 0.6 is 0 Å². The first-order chi connectivity index (χ1) is 40.7. The van der Waals surface area contributed by atoms with Crippen molar-refractivity contribution in [1.29, 1.82) is 0 Å². The maximum atomic E-state index is 2.41. The SMILES string of the molecule is CC.CC.c1ccc(N(c2ccccc2)c2ccc3c(c2)Cc2cc(N(c4ccccc4)c4ccccc4)ccc2-3)cc1.c1ccc2c(c1)c1ccccc1n2-c1ccc2c(c1)Cc1cc(-n3c4ccccc4c4ccccc43)ccc1-2. The number of nitrogens with zero attached hydrogens (tertiary/aromatic N) is 4. The van der Waals surface area contributed by atoms with E-state index in [1.54, 1.807) is 0 Å². The molecule has 4 heteroatoms. The van der Waals surface area contributed by atoms with E-state index in [9.17, 15) is 0 Å². The number of hydrogen-bond donors (Lipinski definition) is 0. The van der Waals surface area contributed by atoms with Crippen LogP contribution in [0.2, 0.25) is 0 Å². The van der Waals surface area contributed by atoms with Crippen LogP contribution in [0.5, 0.6) is 0 Å². The fourth-order valence-electron chi connectivity index (χ4n) is 12.5. The quantitative estimate of drug-likeness (QED) is 0.151. The third-order valence-corrected chi connectivity index (χ3v) is 15.9. The topological polar surface area (TPSA) is 16.3 Å². The predicted octanol–water partition coefficient (Wildman–Crippen LogP) is 21.7. The molecule has 0 aliphatic heterocycles. The van der Waals surface area contributed by atoms with Gasteiger partial charge in [-0.05, 0) is 179 Å². The highest BCUT2D eigenvalue weighted by Crippen LogP contribution is 2.46. The standard InChI is InChI=1S/C37H24N2.C37H28N2.2C2H6/c1-5-13-34-30(9-1)31-10-2-6-14-35(31)38(34)26-17-19-28-24(22-26)21-25-23-27(18-20-29(25)28)39-36-15-7-3-11-32(36)33-12-4-8-16-37(33)39;1-5-13-30(14-6-1)38(31-15-7-2-8-16-31)34-21-23-36-28(26-34)25-29-27-35(22-24-37(29)36)39(32-17-9-3-10-18-32)33-19-11-4-12-20-33;2*1-2/h1-20,22-23H,21H2;1-24,26-27H,25H2;2*1-2H3. The molecule has 2 aliphatic carbocycles. The molecule has 0 atom stereocenters. The number of anilines is 6. The van der Waals surface area contributed by atoms with Crippen LogP contribution in [0.4, 0.5) is 34.1 Å². The van der Waals surface area contributed by atoms with Crippen LogP contribution in [0.25, 0.3) is 77.2 Å². The first-order valence-electron chi connectivity index (χ1n) is 29.0. The molecule has 0 amide bonds. The minimum absolute atomic E-state index is 0.918. The van der Waals surface area contributed by atoms with Gasteiger partial charge in [0.05, 0.1) is 22.1 Å². The molecule has 4 nitrogen and oxygen atoms in total. The number of aromatic nitrogens is 2. The molecule has 12 aromatic carbocycles. The maximum absolute atomic E-state index is 2.41. The summed E-state index contributed by atoms with van der Waals surface area (Å²) in [6, 6.07) is 105. The van der Waals surface area contributed by atoms with E-state index >= 15 is 0 Å². The highest BCUT2D eigenvalue weighted by molar-refractivity contribution is 6.10. The molecule has 2 aromatic heterocycles. The van der Waals surface area contributed by atoms with Crippen molar-refractivity contribution in [3.8, 4) is 33.6 Å². The summed E-state index contributed by atoms with van der Waals surface area (Å²) < 4.78 is 4.83.